The van der Waals surface area contributed by atoms with Crippen LogP contribution in [0.15, 0.2) is 66.9 Å². The van der Waals surface area contributed by atoms with Crippen LogP contribution in [0.5, 0.6) is 0 Å². The molecule has 0 unspecified atom stereocenters. The normalized spacial score (nSPS) is 12.5. The van der Waals surface area contributed by atoms with Crippen molar-refractivity contribution in [3.05, 3.63) is 101 Å². The quantitative estimate of drug-likeness (QED) is 0.486. The van der Waals surface area contributed by atoms with Crippen LogP contribution in [0.3, 0.4) is 0 Å². The molecule has 2 N–H and O–H groups in total. The molecule has 0 spiro atoms. The van der Waals surface area contributed by atoms with Crippen molar-refractivity contribution in [3.63, 3.8) is 0 Å². The molecule has 4 rings (SSSR count). The summed E-state index contributed by atoms with van der Waals surface area (Å²) in [7, 11) is 0. The first kappa shape index (κ1) is 19.1. The first-order valence-electron chi connectivity index (χ1n) is 9.66. The van der Waals surface area contributed by atoms with Gasteiger partial charge in [-0.05, 0) is 72.7 Å². The maximum atomic E-state index is 14.2. The van der Waals surface area contributed by atoms with Gasteiger partial charge in [0.05, 0.1) is 11.4 Å². The van der Waals surface area contributed by atoms with Crippen LogP contribution in [0.2, 0.25) is 0 Å². The van der Waals surface area contributed by atoms with Crippen LogP contribution in [0.25, 0.3) is 11.1 Å². The van der Waals surface area contributed by atoms with E-state index < -0.39 is 11.6 Å². The minimum atomic E-state index is -0.887. The van der Waals surface area contributed by atoms with E-state index in [1.165, 1.54) is 29.7 Å². The summed E-state index contributed by atoms with van der Waals surface area (Å²) in [5.41, 5.74) is 6.52. The highest BCUT2D eigenvalue weighted by atomic mass is 19.2. The Balaban J connectivity index is 1.61. The second kappa shape index (κ2) is 7.63. The van der Waals surface area contributed by atoms with E-state index in [9.17, 15) is 8.78 Å². The molecule has 0 bridgehead atoms. The van der Waals surface area contributed by atoms with Gasteiger partial charge < -0.3 is 5.32 Å². The van der Waals surface area contributed by atoms with Crippen LogP contribution >= 0.6 is 0 Å². The summed E-state index contributed by atoms with van der Waals surface area (Å²) in [6.45, 7) is 5.91. The fraction of sp³-hybridized carbons (Fsp3) is 0.160. The Morgan fingerprint density at radius 1 is 1.00 bits per heavy atom. The molecule has 0 saturated heterocycles. The molecule has 0 aromatic heterocycles. The summed E-state index contributed by atoms with van der Waals surface area (Å²) in [6, 6.07) is 15.6. The van der Waals surface area contributed by atoms with Gasteiger partial charge in [-0.3, -0.25) is 5.41 Å². The van der Waals surface area contributed by atoms with Gasteiger partial charge in [-0.2, -0.15) is 0 Å². The molecule has 1 aliphatic rings. The minimum absolute atomic E-state index is 0.177. The predicted octanol–water partition coefficient (Wildman–Crippen LogP) is 6.42. The summed E-state index contributed by atoms with van der Waals surface area (Å²) in [6.07, 6.45) is 3.38. The van der Waals surface area contributed by atoms with E-state index in [-0.39, 0.29) is 11.3 Å². The second-order valence-electron chi connectivity index (χ2n) is 7.45. The van der Waals surface area contributed by atoms with Crippen molar-refractivity contribution >= 4 is 11.4 Å². The lowest BCUT2D eigenvalue weighted by Crippen LogP contribution is -2.12. The molecule has 0 heterocycles. The third-order valence-electron chi connectivity index (χ3n) is 5.47. The highest BCUT2D eigenvalue weighted by molar-refractivity contribution is 6.13. The summed E-state index contributed by atoms with van der Waals surface area (Å²) >= 11 is 0. The van der Waals surface area contributed by atoms with Gasteiger partial charge in [-0.15, -0.1) is 0 Å². The standard InChI is InChI=1S/C25H22F2N2/c1-15-9-10-19(21-7-4-8-23(26)24(21)27)14-22(15)25(28)16(2)29-20-12-11-17-5-3-6-18(17)13-20/h4,7-14,28-29H,2-3,5-6H2,1H3. The summed E-state index contributed by atoms with van der Waals surface area (Å²) < 4.78 is 27.8. The van der Waals surface area contributed by atoms with Crippen LogP contribution in [0.1, 0.15) is 28.7 Å². The molecular weight excluding hydrogens is 366 g/mol. The minimum Gasteiger partial charge on any atom is -0.354 e. The third-order valence-corrected chi connectivity index (χ3v) is 5.47. The highest BCUT2D eigenvalue weighted by Gasteiger charge is 2.15. The molecule has 0 radical (unpaired) electrons. The maximum absolute atomic E-state index is 14.2. The van der Waals surface area contributed by atoms with Crippen LogP contribution in [0.4, 0.5) is 14.5 Å². The lowest BCUT2D eigenvalue weighted by Gasteiger charge is -2.15. The number of aryl methyl sites for hydroxylation is 3. The molecule has 0 amide bonds. The van der Waals surface area contributed by atoms with Crippen LogP contribution in [-0.2, 0) is 12.8 Å². The summed E-state index contributed by atoms with van der Waals surface area (Å²) in [5, 5.41) is 11.8. The first-order valence-corrected chi connectivity index (χ1v) is 9.66. The number of rotatable bonds is 5. The van der Waals surface area contributed by atoms with Crippen molar-refractivity contribution in [2.45, 2.75) is 26.2 Å². The molecule has 3 aromatic carbocycles. The Labute approximate surface area is 169 Å². The molecule has 3 aromatic rings. The lowest BCUT2D eigenvalue weighted by molar-refractivity contribution is 0.511. The lowest BCUT2D eigenvalue weighted by atomic mass is 9.95. The van der Waals surface area contributed by atoms with Crippen LogP contribution < -0.4 is 5.32 Å². The molecule has 2 nitrogen and oxygen atoms in total. The molecule has 0 aliphatic heterocycles. The van der Waals surface area contributed by atoms with E-state index in [2.05, 4.69) is 24.0 Å². The van der Waals surface area contributed by atoms with Crippen molar-refractivity contribution in [1.29, 1.82) is 5.41 Å². The number of allylic oxidation sites excluding steroid dienone is 1. The van der Waals surface area contributed by atoms with Gasteiger partial charge in [0.25, 0.3) is 0 Å². The van der Waals surface area contributed by atoms with Gasteiger partial charge in [0, 0.05) is 16.8 Å². The molecule has 0 fully saturated rings. The third kappa shape index (κ3) is 3.70. The predicted molar refractivity (Wildman–Crippen MR) is 115 cm³/mol. The monoisotopic (exact) mass is 388 g/mol. The van der Waals surface area contributed by atoms with Gasteiger partial charge in [-0.25, -0.2) is 8.78 Å². The number of halogens is 2. The van der Waals surface area contributed by atoms with Crippen molar-refractivity contribution in [1.82, 2.24) is 0 Å². The Bertz CT molecular complexity index is 1130. The van der Waals surface area contributed by atoms with Gasteiger partial charge >= 0.3 is 0 Å². The van der Waals surface area contributed by atoms with Crippen molar-refractivity contribution in [3.8, 4) is 11.1 Å². The highest BCUT2D eigenvalue weighted by Crippen LogP contribution is 2.29. The fourth-order valence-electron chi connectivity index (χ4n) is 3.83. The van der Waals surface area contributed by atoms with Crippen molar-refractivity contribution < 1.29 is 8.78 Å². The average molecular weight is 388 g/mol. The van der Waals surface area contributed by atoms with E-state index in [4.69, 9.17) is 5.41 Å². The number of anilines is 1. The largest absolute Gasteiger partial charge is 0.354 e. The zero-order chi connectivity index (χ0) is 20.5. The van der Waals surface area contributed by atoms with Crippen LogP contribution in [-0.4, -0.2) is 5.71 Å². The zero-order valence-electron chi connectivity index (χ0n) is 16.3. The molecule has 1 aliphatic carbocycles. The number of hydrogen-bond donors (Lipinski definition) is 2. The number of benzene rings is 3. The van der Waals surface area contributed by atoms with Crippen molar-refractivity contribution in [2.24, 2.45) is 0 Å². The fourth-order valence-corrected chi connectivity index (χ4v) is 3.83. The number of fused-ring (bicyclic) bond motifs is 1. The smallest absolute Gasteiger partial charge is 0.166 e. The SMILES string of the molecule is C=C(Nc1ccc2c(c1)CCC2)C(=N)c1cc(-c2cccc(F)c2F)ccc1C. The Morgan fingerprint density at radius 2 is 1.79 bits per heavy atom. The van der Waals surface area contributed by atoms with Crippen LogP contribution in [0, 0.1) is 24.0 Å². The van der Waals surface area contributed by atoms with E-state index >= 15 is 0 Å². The van der Waals surface area contributed by atoms with Gasteiger partial charge in [0.2, 0.25) is 0 Å². The molecule has 146 valence electrons. The Kier molecular flexibility index (Phi) is 5.01. The molecule has 4 heteroatoms. The van der Waals surface area contributed by atoms with Gasteiger partial charge in [0.15, 0.2) is 11.6 Å². The summed E-state index contributed by atoms with van der Waals surface area (Å²) in [5.74, 6) is -1.77. The van der Waals surface area contributed by atoms with Gasteiger partial charge in [0.1, 0.15) is 0 Å². The molecule has 29 heavy (non-hydrogen) atoms. The van der Waals surface area contributed by atoms with E-state index in [1.54, 1.807) is 12.1 Å². The first-order chi connectivity index (χ1) is 13.9. The molecular formula is C25H22F2N2. The maximum Gasteiger partial charge on any atom is 0.166 e. The molecule has 0 atom stereocenters. The van der Waals surface area contributed by atoms with Crippen molar-refractivity contribution in [2.75, 3.05) is 5.32 Å². The number of nitrogens with one attached hydrogen (secondary N) is 2. The zero-order valence-corrected chi connectivity index (χ0v) is 16.3. The number of hydrogen-bond acceptors (Lipinski definition) is 2. The Morgan fingerprint density at radius 3 is 2.62 bits per heavy atom. The molecule has 0 saturated carbocycles. The topological polar surface area (TPSA) is 35.9 Å². The van der Waals surface area contributed by atoms with E-state index in [0.29, 0.717) is 16.8 Å². The van der Waals surface area contributed by atoms with E-state index in [1.807, 2.05) is 19.1 Å². The Hall–Kier alpha value is -3.27. The average Bonchev–Trinajstić information content (AvgIpc) is 3.18. The van der Waals surface area contributed by atoms with Gasteiger partial charge in [-0.1, -0.05) is 36.9 Å². The second-order valence-corrected chi connectivity index (χ2v) is 7.45. The van der Waals surface area contributed by atoms with E-state index in [0.717, 1.165) is 30.2 Å². The summed E-state index contributed by atoms with van der Waals surface area (Å²) in [4.78, 5) is 0.